The Bertz CT molecular complexity index is 423. The highest BCUT2D eigenvalue weighted by Crippen LogP contribution is 2.34. The molecule has 2 fully saturated rings. The number of aromatic nitrogens is 2. The number of nitrogens with two attached hydrogens (primary N) is 1. The van der Waals surface area contributed by atoms with Crippen LogP contribution in [0.3, 0.4) is 0 Å². The van der Waals surface area contributed by atoms with Crippen LogP contribution in [0.5, 0.6) is 0 Å². The number of hydrogen-bond acceptors (Lipinski definition) is 5. The molecule has 0 bridgehead atoms. The molecule has 1 atom stereocenters. The van der Waals surface area contributed by atoms with E-state index in [1.165, 1.54) is 19.3 Å². The summed E-state index contributed by atoms with van der Waals surface area (Å²) >= 11 is 0. The predicted octanol–water partition coefficient (Wildman–Crippen LogP) is 2.93. The number of nitrogens with zero attached hydrogens (tertiary/aromatic N) is 2. The monoisotopic (exact) mass is 279 g/mol. The molecule has 3 rings (SSSR count). The summed E-state index contributed by atoms with van der Waals surface area (Å²) in [5, 5.41) is 4.04. The van der Waals surface area contributed by atoms with Crippen LogP contribution in [0, 0.1) is 5.92 Å². The Morgan fingerprint density at radius 3 is 2.65 bits per heavy atom. The van der Waals surface area contributed by atoms with Gasteiger partial charge in [0.2, 0.25) is 5.89 Å². The van der Waals surface area contributed by atoms with Gasteiger partial charge < -0.3 is 15.0 Å². The Morgan fingerprint density at radius 2 is 2.00 bits per heavy atom. The highest BCUT2D eigenvalue weighted by Gasteiger charge is 2.26. The van der Waals surface area contributed by atoms with Gasteiger partial charge in [-0.3, -0.25) is 0 Å². The van der Waals surface area contributed by atoms with Crippen LogP contribution in [-0.4, -0.2) is 22.9 Å². The first-order valence-electron chi connectivity index (χ1n) is 7.93. The van der Waals surface area contributed by atoms with Crippen LogP contribution in [0.25, 0.3) is 0 Å². The summed E-state index contributed by atoms with van der Waals surface area (Å²) in [5.41, 5.74) is 6.08. The van der Waals surface area contributed by atoms with Crippen LogP contribution in [0.4, 0.5) is 0 Å². The summed E-state index contributed by atoms with van der Waals surface area (Å²) in [5.74, 6) is 2.61. The Hall–Kier alpha value is -0.940. The van der Waals surface area contributed by atoms with Crippen LogP contribution in [0.2, 0.25) is 0 Å². The second kappa shape index (κ2) is 6.22. The average molecular weight is 279 g/mol. The van der Waals surface area contributed by atoms with Crippen molar-refractivity contribution in [3.63, 3.8) is 0 Å². The molecule has 1 unspecified atom stereocenters. The molecule has 0 spiro atoms. The third-order valence-corrected chi connectivity index (χ3v) is 4.72. The van der Waals surface area contributed by atoms with E-state index in [1.54, 1.807) is 0 Å². The topological polar surface area (TPSA) is 74.2 Å². The molecule has 2 N–H and O–H groups in total. The number of rotatable bonds is 5. The van der Waals surface area contributed by atoms with Crippen molar-refractivity contribution >= 4 is 0 Å². The molecule has 0 aromatic carbocycles. The largest absolute Gasteiger partial charge is 0.376 e. The maximum atomic E-state index is 6.08. The van der Waals surface area contributed by atoms with Gasteiger partial charge >= 0.3 is 0 Å². The minimum absolute atomic E-state index is 0.268. The Balaban J connectivity index is 1.52. The molecule has 0 radical (unpaired) electrons. The highest BCUT2D eigenvalue weighted by molar-refractivity contribution is 4.99. The van der Waals surface area contributed by atoms with E-state index in [1.807, 2.05) is 0 Å². The van der Waals surface area contributed by atoms with E-state index in [9.17, 15) is 0 Å². The third kappa shape index (κ3) is 3.20. The van der Waals surface area contributed by atoms with Crippen molar-refractivity contribution in [1.82, 2.24) is 10.1 Å². The minimum Gasteiger partial charge on any atom is -0.376 e. The van der Waals surface area contributed by atoms with Gasteiger partial charge in [-0.25, -0.2) is 0 Å². The Labute approximate surface area is 120 Å². The number of ether oxygens (including phenoxy) is 1. The summed E-state index contributed by atoms with van der Waals surface area (Å²) in [6, 6.07) is -0.268. The van der Waals surface area contributed by atoms with Gasteiger partial charge in [0.25, 0.3) is 0 Å². The molecule has 0 saturated heterocycles. The van der Waals surface area contributed by atoms with Gasteiger partial charge in [-0.1, -0.05) is 12.1 Å². The molecule has 1 aromatic heterocycles. The molecule has 1 heterocycles. The molecule has 1 aromatic rings. The van der Waals surface area contributed by atoms with Gasteiger partial charge in [-0.15, -0.1) is 0 Å². The van der Waals surface area contributed by atoms with Crippen molar-refractivity contribution < 1.29 is 9.26 Å². The smallest absolute Gasteiger partial charge is 0.229 e. The molecule has 0 amide bonds. The van der Waals surface area contributed by atoms with E-state index in [0.29, 0.717) is 24.5 Å². The van der Waals surface area contributed by atoms with Crippen molar-refractivity contribution in [2.75, 3.05) is 6.61 Å². The fraction of sp³-hybridized carbons (Fsp3) is 0.867. The molecule has 20 heavy (non-hydrogen) atoms. The van der Waals surface area contributed by atoms with Gasteiger partial charge in [0, 0.05) is 5.92 Å². The summed E-state index contributed by atoms with van der Waals surface area (Å²) in [7, 11) is 0. The van der Waals surface area contributed by atoms with Gasteiger partial charge in [0.1, 0.15) is 0 Å². The predicted molar refractivity (Wildman–Crippen MR) is 75.2 cm³/mol. The SMILES string of the molecule is CC1CCC(c2nc(C(N)COC3CCC3)no2)CC1. The van der Waals surface area contributed by atoms with Crippen LogP contribution >= 0.6 is 0 Å². The first-order valence-corrected chi connectivity index (χ1v) is 7.93. The highest BCUT2D eigenvalue weighted by atomic mass is 16.5. The normalized spacial score (nSPS) is 29.1. The lowest BCUT2D eigenvalue weighted by atomic mass is 9.83. The van der Waals surface area contributed by atoms with E-state index < -0.39 is 0 Å². The quantitative estimate of drug-likeness (QED) is 0.897. The van der Waals surface area contributed by atoms with E-state index in [4.69, 9.17) is 15.0 Å². The molecule has 0 aliphatic heterocycles. The summed E-state index contributed by atoms with van der Waals surface area (Å²) in [6.45, 7) is 2.80. The standard InChI is InChI=1S/C15H25N3O2/c1-10-5-7-11(8-6-10)15-17-14(18-20-15)13(16)9-19-12-3-2-4-12/h10-13H,2-9,16H2,1H3. The minimum atomic E-state index is -0.268. The second-order valence-electron chi connectivity index (χ2n) is 6.44. The molecule has 2 aliphatic carbocycles. The summed E-state index contributed by atoms with van der Waals surface area (Å²) in [4.78, 5) is 4.50. The zero-order valence-corrected chi connectivity index (χ0v) is 12.3. The van der Waals surface area contributed by atoms with E-state index >= 15 is 0 Å². The maximum absolute atomic E-state index is 6.08. The lowest BCUT2D eigenvalue weighted by Crippen LogP contribution is -2.27. The zero-order valence-electron chi connectivity index (χ0n) is 12.3. The first kappa shape index (κ1) is 14.0. The van der Waals surface area contributed by atoms with Crippen molar-refractivity contribution in [3.8, 4) is 0 Å². The van der Waals surface area contributed by atoms with Crippen molar-refractivity contribution in [1.29, 1.82) is 0 Å². The molecule has 5 heteroatoms. The number of hydrogen-bond donors (Lipinski definition) is 1. The second-order valence-corrected chi connectivity index (χ2v) is 6.44. The lowest BCUT2D eigenvalue weighted by Gasteiger charge is -2.26. The molecule has 5 nitrogen and oxygen atoms in total. The molecular weight excluding hydrogens is 254 g/mol. The fourth-order valence-corrected chi connectivity index (χ4v) is 2.92. The van der Waals surface area contributed by atoms with Crippen molar-refractivity contribution in [2.24, 2.45) is 11.7 Å². The summed E-state index contributed by atoms with van der Waals surface area (Å²) < 4.78 is 11.1. The van der Waals surface area contributed by atoms with Crippen LogP contribution in [0.1, 0.15) is 75.5 Å². The molecule has 2 saturated carbocycles. The van der Waals surface area contributed by atoms with Gasteiger partial charge in [0.05, 0.1) is 18.8 Å². The third-order valence-electron chi connectivity index (χ3n) is 4.72. The van der Waals surface area contributed by atoms with Gasteiger partial charge in [0.15, 0.2) is 5.82 Å². The van der Waals surface area contributed by atoms with E-state index in [2.05, 4.69) is 17.1 Å². The zero-order chi connectivity index (χ0) is 13.9. The maximum Gasteiger partial charge on any atom is 0.229 e. The van der Waals surface area contributed by atoms with Crippen LogP contribution in [-0.2, 0) is 4.74 Å². The Kier molecular flexibility index (Phi) is 4.36. The Morgan fingerprint density at radius 1 is 1.25 bits per heavy atom. The molecular formula is C15H25N3O2. The first-order chi connectivity index (χ1) is 9.72. The van der Waals surface area contributed by atoms with Gasteiger partial charge in [-0.05, 0) is 50.9 Å². The van der Waals surface area contributed by atoms with E-state index in [0.717, 1.165) is 37.5 Å². The van der Waals surface area contributed by atoms with Crippen molar-refractivity contribution in [2.45, 2.75) is 69.9 Å². The summed E-state index contributed by atoms with van der Waals surface area (Å²) in [6.07, 6.45) is 8.78. The fourth-order valence-electron chi connectivity index (χ4n) is 2.92. The van der Waals surface area contributed by atoms with Crippen molar-refractivity contribution in [3.05, 3.63) is 11.7 Å². The van der Waals surface area contributed by atoms with Crippen LogP contribution in [0.15, 0.2) is 4.52 Å². The van der Waals surface area contributed by atoms with E-state index in [-0.39, 0.29) is 6.04 Å². The lowest BCUT2D eigenvalue weighted by molar-refractivity contribution is -0.00549. The average Bonchev–Trinajstić information content (AvgIpc) is 2.87. The molecule has 112 valence electrons. The van der Waals surface area contributed by atoms with Gasteiger partial charge in [-0.2, -0.15) is 4.98 Å². The molecule has 2 aliphatic rings. The van der Waals surface area contributed by atoms with Crippen LogP contribution < -0.4 is 5.73 Å².